The van der Waals surface area contributed by atoms with Gasteiger partial charge in [0.1, 0.15) is 6.04 Å². The number of thiocarbonyl (C=S) groups is 1. The molecule has 1 unspecified atom stereocenters. The Morgan fingerprint density at radius 2 is 2.13 bits per heavy atom. The molecule has 0 fully saturated rings. The molecule has 2 aromatic heterocycles. The van der Waals surface area contributed by atoms with E-state index in [-0.39, 0.29) is 11.0 Å². The normalized spacial score (nSPS) is 12.0. The summed E-state index contributed by atoms with van der Waals surface area (Å²) in [4.78, 5) is 12.2. The number of hydrogen-bond acceptors (Lipinski definition) is 4. The Bertz CT molecular complexity index is 718. The van der Waals surface area contributed by atoms with Crippen LogP contribution in [0.5, 0.6) is 0 Å². The largest absolute Gasteiger partial charge is 0.357 e. The Morgan fingerprint density at radius 1 is 1.43 bits per heavy atom. The summed E-state index contributed by atoms with van der Waals surface area (Å²) < 4.78 is 3.28. The maximum Gasteiger partial charge on any atom is 0.250 e. The van der Waals surface area contributed by atoms with Crippen LogP contribution in [0.4, 0.5) is 0 Å². The lowest BCUT2D eigenvalue weighted by Gasteiger charge is -2.14. The van der Waals surface area contributed by atoms with Gasteiger partial charge in [-0.3, -0.25) is 14.2 Å². The number of aryl methyl sites for hydroxylation is 3. The van der Waals surface area contributed by atoms with E-state index in [1.807, 2.05) is 20.0 Å². The maximum atomic E-state index is 12.2. The van der Waals surface area contributed by atoms with Crippen molar-refractivity contribution in [2.24, 2.45) is 7.05 Å². The molecule has 0 aliphatic carbocycles. The first kappa shape index (κ1) is 17.4. The van der Waals surface area contributed by atoms with Crippen LogP contribution >= 0.6 is 23.8 Å². The summed E-state index contributed by atoms with van der Waals surface area (Å²) >= 11 is 11.1. The lowest BCUT2D eigenvalue weighted by Crippen LogP contribution is -2.42. The monoisotopic (exact) mass is 354 g/mol. The van der Waals surface area contributed by atoms with Gasteiger partial charge in [-0.25, -0.2) is 0 Å². The number of halogens is 1. The lowest BCUT2D eigenvalue weighted by atomic mass is 10.3. The van der Waals surface area contributed by atoms with Gasteiger partial charge in [0, 0.05) is 13.2 Å². The molecule has 0 aromatic carbocycles. The van der Waals surface area contributed by atoms with Crippen molar-refractivity contribution in [3.8, 4) is 0 Å². The van der Waals surface area contributed by atoms with Gasteiger partial charge >= 0.3 is 0 Å². The van der Waals surface area contributed by atoms with Crippen molar-refractivity contribution in [3.05, 3.63) is 34.4 Å². The van der Waals surface area contributed by atoms with Crippen molar-refractivity contribution in [1.82, 2.24) is 30.2 Å². The van der Waals surface area contributed by atoms with Crippen LogP contribution in [-0.2, 0) is 18.4 Å². The fourth-order valence-electron chi connectivity index (χ4n) is 2.04. The van der Waals surface area contributed by atoms with Crippen molar-refractivity contribution in [3.63, 3.8) is 0 Å². The highest BCUT2D eigenvalue weighted by Crippen LogP contribution is 2.15. The second-order valence-corrected chi connectivity index (χ2v) is 6.11. The molecule has 2 rings (SSSR count). The second kappa shape index (κ2) is 7.10. The van der Waals surface area contributed by atoms with Gasteiger partial charge in [-0.05, 0) is 39.1 Å². The predicted molar refractivity (Wildman–Crippen MR) is 92.2 cm³/mol. The highest BCUT2D eigenvalue weighted by molar-refractivity contribution is 7.80. The van der Waals surface area contributed by atoms with E-state index in [0.29, 0.717) is 17.3 Å². The summed E-state index contributed by atoms with van der Waals surface area (Å²) in [6, 6.07) is 1.44. The van der Waals surface area contributed by atoms with Crippen LogP contribution in [0.2, 0.25) is 5.02 Å². The van der Waals surface area contributed by atoms with E-state index in [4.69, 9.17) is 23.8 Å². The number of hydrogen-bond donors (Lipinski definition) is 2. The van der Waals surface area contributed by atoms with Crippen LogP contribution in [-0.4, -0.2) is 30.6 Å². The molecule has 0 bridgehead atoms. The Morgan fingerprint density at radius 3 is 2.65 bits per heavy atom. The van der Waals surface area contributed by atoms with E-state index < -0.39 is 6.04 Å². The van der Waals surface area contributed by atoms with Crippen molar-refractivity contribution in [2.45, 2.75) is 33.4 Å². The molecular formula is C14H19ClN6OS. The predicted octanol–water partition coefficient (Wildman–Crippen LogP) is 1.64. The topological polar surface area (TPSA) is 76.8 Å². The van der Waals surface area contributed by atoms with Gasteiger partial charge in [0.15, 0.2) is 5.11 Å². The van der Waals surface area contributed by atoms with Crippen LogP contribution in [0.1, 0.15) is 30.0 Å². The van der Waals surface area contributed by atoms with Crippen LogP contribution in [0, 0.1) is 13.8 Å². The van der Waals surface area contributed by atoms with Crippen LogP contribution < -0.4 is 10.6 Å². The van der Waals surface area contributed by atoms with Crippen LogP contribution in [0.3, 0.4) is 0 Å². The molecule has 124 valence electrons. The Hall–Kier alpha value is -1.93. The number of rotatable bonds is 4. The number of carbonyl (C=O) groups is 1. The molecule has 23 heavy (non-hydrogen) atoms. The van der Waals surface area contributed by atoms with Crippen molar-refractivity contribution < 1.29 is 4.79 Å². The first-order valence-electron chi connectivity index (χ1n) is 7.07. The molecule has 7 nitrogen and oxygen atoms in total. The van der Waals surface area contributed by atoms with E-state index >= 15 is 0 Å². The number of nitrogens with one attached hydrogen (secondary N) is 2. The lowest BCUT2D eigenvalue weighted by molar-refractivity contribution is -0.122. The molecule has 0 aliphatic heterocycles. The quantitative estimate of drug-likeness (QED) is 0.816. The van der Waals surface area contributed by atoms with Gasteiger partial charge in [0.2, 0.25) is 0 Å². The molecule has 2 heterocycles. The van der Waals surface area contributed by atoms with E-state index in [0.717, 1.165) is 11.4 Å². The molecule has 2 N–H and O–H groups in total. The third-order valence-corrected chi connectivity index (χ3v) is 4.02. The van der Waals surface area contributed by atoms with Gasteiger partial charge in [-0.2, -0.15) is 10.2 Å². The van der Waals surface area contributed by atoms with Crippen molar-refractivity contribution in [2.75, 3.05) is 0 Å². The molecule has 1 atom stereocenters. The minimum atomic E-state index is -0.514. The first-order chi connectivity index (χ1) is 10.8. The summed E-state index contributed by atoms with van der Waals surface area (Å²) in [7, 11) is 1.86. The smallest absolute Gasteiger partial charge is 0.250 e. The van der Waals surface area contributed by atoms with Crippen LogP contribution in [0.15, 0.2) is 12.3 Å². The molecule has 0 aliphatic rings. The summed E-state index contributed by atoms with van der Waals surface area (Å²) in [5.41, 5.74) is 2.58. The number of aromatic nitrogens is 4. The fourth-order valence-corrected chi connectivity index (χ4v) is 2.35. The van der Waals surface area contributed by atoms with E-state index in [1.165, 1.54) is 4.68 Å². The Balaban J connectivity index is 1.89. The summed E-state index contributed by atoms with van der Waals surface area (Å²) in [6.07, 6.45) is 1.62. The van der Waals surface area contributed by atoms with E-state index in [2.05, 4.69) is 20.8 Å². The minimum Gasteiger partial charge on any atom is -0.357 e. The molecule has 2 aromatic rings. The number of amides is 1. The third kappa shape index (κ3) is 4.29. The maximum absolute atomic E-state index is 12.2. The molecule has 0 saturated carbocycles. The second-order valence-electron chi connectivity index (χ2n) is 5.29. The SMILES string of the molecule is Cc1cc(CNC(=S)NC(=O)C(C)n2cc(Cl)c(C)n2)n(C)n1. The van der Waals surface area contributed by atoms with Gasteiger partial charge in [0.25, 0.3) is 5.91 Å². The average molecular weight is 355 g/mol. The summed E-state index contributed by atoms with van der Waals surface area (Å²) in [6.45, 7) is 5.91. The molecule has 0 radical (unpaired) electrons. The van der Waals surface area contributed by atoms with E-state index in [9.17, 15) is 4.79 Å². The zero-order valence-corrected chi connectivity index (χ0v) is 15.0. The zero-order valence-electron chi connectivity index (χ0n) is 13.4. The average Bonchev–Trinajstić information content (AvgIpc) is 2.98. The Labute approximate surface area is 145 Å². The Kier molecular flexibility index (Phi) is 5.38. The first-order valence-corrected chi connectivity index (χ1v) is 7.86. The highest BCUT2D eigenvalue weighted by atomic mass is 35.5. The molecule has 1 amide bonds. The molecule has 0 saturated heterocycles. The van der Waals surface area contributed by atoms with Gasteiger partial charge in [-0.1, -0.05) is 11.6 Å². The molecule has 9 heteroatoms. The standard InChI is InChI=1S/C14H19ClN6OS/c1-8-5-11(20(4)18-8)6-16-14(23)17-13(22)10(3)21-7-12(15)9(2)19-21/h5,7,10H,6H2,1-4H3,(H2,16,17,22,23). The summed E-state index contributed by atoms with van der Waals surface area (Å²) in [5, 5.41) is 14.9. The molecular weight excluding hydrogens is 336 g/mol. The van der Waals surface area contributed by atoms with Crippen molar-refractivity contribution >= 4 is 34.8 Å². The van der Waals surface area contributed by atoms with Crippen LogP contribution in [0.25, 0.3) is 0 Å². The van der Waals surface area contributed by atoms with Gasteiger partial charge in [0.05, 0.1) is 28.6 Å². The fraction of sp³-hybridized carbons (Fsp3) is 0.429. The number of carbonyl (C=O) groups excluding carboxylic acids is 1. The number of nitrogens with zero attached hydrogens (tertiary/aromatic N) is 4. The molecule has 0 spiro atoms. The van der Waals surface area contributed by atoms with Gasteiger partial charge in [-0.15, -0.1) is 0 Å². The summed E-state index contributed by atoms with van der Waals surface area (Å²) in [5.74, 6) is -0.261. The zero-order chi connectivity index (χ0) is 17.1. The van der Waals surface area contributed by atoms with Crippen molar-refractivity contribution in [1.29, 1.82) is 0 Å². The highest BCUT2D eigenvalue weighted by Gasteiger charge is 2.18. The van der Waals surface area contributed by atoms with Gasteiger partial charge < -0.3 is 10.6 Å². The third-order valence-electron chi connectivity index (χ3n) is 3.40. The minimum absolute atomic E-state index is 0.260. The van der Waals surface area contributed by atoms with E-state index in [1.54, 1.807) is 24.7 Å².